The van der Waals surface area contributed by atoms with Gasteiger partial charge in [-0.05, 0) is 51.4 Å². The SMILES string of the molecule is CCNC(COC(C)(C)C)Cc1ccc(OC)c(F)c1. The first kappa shape index (κ1) is 16.9. The van der Waals surface area contributed by atoms with E-state index in [4.69, 9.17) is 9.47 Å². The molecule has 1 aromatic rings. The summed E-state index contributed by atoms with van der Waals surface area (Å²) in [6.07, 6.45) is 0.727. The van der Waals surface area contributed by atoms with Crippen molar-refractivity contribution in [1.82, 2.24) is 5.32 Å². The lowest BCUT2D eigenvalue weighted by Gasteiger charge is -2.25. The molecule has 1 N–H and O–H groups in total. The van der Waals surface area contributed by atoms with Crippen molar-refractivity contribution in [2.45, 2.75) is 45.8 Å². The summed E-state index contributed by atoms with van der Waals surface area (Å²) in [6.45, 7) is 9.61. The average Bonchev–Trinajstić information content (AvgIpc) is 2.35. The second-order valence-corrected chi connectivity index (χ2v) is 5.85. The fraction of sp³-hybridized carbons (Fsp3) is 0.625. The zero-order chi connectivity index (χ0) is 15.2. The second-order valence-electron chi connectivity index (χ2n) is 5.85. The van der Waals surface area contributed by atoms with Gasteiger partial charge in [0.1, 0.15) is 0 Å². The van der Waals surface area contributed by atoms with E-state index in [9.17, 15) is 4.39 Å². The van der Waals surface area contributed by atoms with Crippen molar-refractivity contribution < 1.29 is 13.9 Å². The zero-order valence-electron chi connectivity index (χ0n) is 13.1. The Balaban J connectivity index is 2.67. The van der Waals surface area contributed by atoms with E-state index in [0.29, 0.717) is 6.61 Å². The summed E-state index contributed by atoms with van der Waals surface area (Å²) in [5.74, 6) is -0.0447. The van der Waals surface area contributed by atoms with Crippen LogP contribution in [0, 0.1) is 5.82 Å². The molecule has 1 atom stereocenters. The van der Waals surface area contributed by atoms with Crippen LogP contribution < -0.4 is 10.1 Å². The van der Waals surface area contributed by atoms with Gasteiger partial charge in [0, 0.05) is 6.04 Å². The van der Waals surface area contributed by atoms with Crippen molar-refractivity contribution in [3.63, 3.8) is 0 Å². The molecule has 0 amide bonds. The van der Waals surface area contributed by atoms with E-state index in [2.05, 4.69) is 12.2 Å². The number of likely N-dealkylation sites (N-methyl/N-ethyl adjacent to an activating group) is 1. The largest absolute Gasteiger partial charge is 0.494 e. The van der Waals surface area contributed by atoms with Gasteiger partial charge in [0.2, 0.25) is 0 Å². The van der Waals surface area contributed by atoms with Crippen LogP contribution in [0.3, 0.4) is 0 Å². The minimum absolute atomic E-state index is 0.168. The molecule has 0 heterocycles. The molecule has 0 saturated heterocycles. The molecule has 0 aromatic heterocycles. The molecule has 0 aliphatic rings. The van der Waals surface area contributed by atoms with Gasteiger partial charge in [-0.1, -0.05) is 13.0 Å². The minimum atomic E-state index is -0.322. The molecule has 114 valence electrons. The number of rotatable bonds is 7. The fourth-order valence-corrected chi connectivity index (χ4v) is 1.95. The first-order valence-corrected chi connectivity index (χ1v) is 7.05. The molecule has 0 aliphatic carbocycles. The van der Waals surface area contributed by atoms with Crippen molar-refractivity contribution >= 4 is 0 Å². The number of methoxy groups -OCH3 is 1. The van der Waals surface area contributed by atoms with Crippen molar-refractivity contribution in [2.75, 3.05) is 20.3 Å². The zero-order valence-corrected chi connectivity index (χ0v) is 13.1. The molecule has 0 radical (unpaired) electrons. The second kappa shape index (κ2) is 7.60. The van der Waals surface area contributed by atoms with Crippen LogP contribution in [0.4, 0.5) is 4.39 Å². The van der Waals surface area contributed by atoms with E-state index < -0.39 is 0 Å². The number of hydrogen-bond acceptors (Lipinski definition) is 3. The van der Waals surface area contributed by atoms with Gasteiger partial charge >= 0.3 is 0 Å². The number of halogens is 1. The minimum Gasteiger partial charge on any atom is -0.494 e. The molecule has 0 aliphatic heterocycles. The third-order valence-corrected chi connectivity index (χ3v) is 2.91. The van der Waals surface area contributed by atoms with E-state index in [-0.39, 0.29) is 23.2 Å². The molecule has 0 saturated carbocycles. The van der Waals surface area contributed by atoms with Gasteiger partial charge in [0.05, 0.1) is 19.3 Å². The quantitative estimate of drug-likeness (QED) is 0.833. The number of ether oxygens (including phenoxy) is 2. The molecule has 1 unspecified atom stereocenters. The predicted molar refractivity (Wildman–Crippen MR) is 79.8 cm³/mol. The summed E-state index contributed by atoms with van der Waals surface area (Å²) in [4.78, 5) is 0. The van der Waals surface area contributed by atoms with Gasteiger partial charge in [0.15, 0.2) is 11.6 Å². The van der Waals surface area contributed by atoms with Crippen molar-refractivity contribution in [3.05, 3.63) is 29.6 Å². The molecular weight excluding hydrogens is 257 g/mol. The summed E-state index contributed by atoms with van der Waals surface area (Å²) in [7, 11) is 1.47. The molecule has 0 fully saturated rings. The van der Waals surface area contributed by atoms with Crippen LogP contribution in [0.2, 0.25) is 0 Å². The van der Waals surface area contributed by atoms with Crippen LogP contribution in [0.1, 0.15) is 33.3 Å². The maximum atomic E-state index is 13.7. The Morgan fingerprint density at radius 1 is 1.30 bits per heavy atom. The standard InChI is InChI=1S/C16H26FNO2/c1-6-18-13(11-20-16(2,3)4)9-12-7-8-15(19-5)14(17)10-12/h7-8,10,13,18H,6,9,11H2,1-5H3. The van der Waals surface area contributed by atoms with Crippen LogP contribution in [-0.2, 0) is 11.2 Å². The first-order valence-electron chi connectivity index (χ1n) is 7.05. The van der Waals surface area contributed by atoms with E-state index >= 15 is 0 Å². The summed E-state index contributed by atoms with van der Waals surface area (Å²) in [6, 6.07) is 5.26. The van der Waals surface area contributed by atoms with Gasteiger partial charge in [-0.25, -0.2) is 4.39 Å². The lowest BCUT2D eigenvalue weighted by atomic mass is 10.1. The van der Waals surface area contributed by atoms with Crippen LogP contribution >= 0.6 is 0 Å². The van der Waals surface area contributed by atoms with Crippen molar-refractivity contribution in [2.24, 2.45) is 0 Å². The Hall–Kier alpha value is -1.13. The molecule has 1 rings (SSSR count). The third kappa shape index (κ3) is 5.88. The highest BCUT2D eigenvalue weighted by molar-refractivity contribution is 5.29. The van der Waals surface area contributed by atoms with Crippen LogP contribution in [0.5, 0.6) is 5.75 Å². The summed E-state index contributed by atoms with van der Waals surface area (Å²) in [5, 5.41) is 3.37. The molecule has 4 heteroatoms. The summed E-state index contributed by atoms with van der Waals surface area (Å²) < 4.78 is 24.4. The lowest BCUT2D eigenvalue weighted by Crippen LogP contribution is -2.38. The molecular formula is C16H26FNO2. The van der Waals surface area contributed by atoms with Gasteiger partial charge in [0.25, 0.3) is 0 Å². The Morgan fingerprint density at radius 3 is 2.50 bits per heavy atom. The number of nitrogens with one attached hydrogen (secondary N) is 1. The lowest BCUT2D eigenvalue weighted by molar-refractivity contribution is -0.0141. The Morgan fingerprint density at radius 2 is 2.00 bits per heavy atom. The highest BCUT2D eigenvalue weighted by Crippen LogP contribution is 2.19. The summed E-state index contributed by atoms with van der Waals surface area (Å²) in [5.41, 5.74) is 0.769. The van der Waals surface area contributed by atoms with Crippen LogP contribution in [0.25, 0.3) is 0 Å². The summed E-state index contributed by atoms with van der Waals surface area (Å²) >= 11 is 0. The average molecular weight is 283 g/mol. The maximum absolute atomic E-state index is 13.7. The number of hydrogen-bond donors (Lipinski definition) is 1. The van der Waals surface area contributed by atoms with Crippen LogP contribution in [-0.4, -0.2) is 31.9 Å². The predicted octanol–water partition coefficient (Wildman–Crippen LogP) is 3.17. The highest BCUT2D eigenvalue weighted by Gasteiger charge is 2.16. The molecule has 20 heavy (non-hydrogen) atoms. The Bertz CT molecular complexity index is 415. The van der Waals surface area contributed by atoms with Gasteiger partial charge in [-0.3, -0.25) is 0 Å². The van der Waals surface area contributed by atoms with Crippen molar-refractivity contribution in [1.29, 1.82) is 0 Å². The molecule has 3 nitrogen and oxygen atoms in total. The van der Waals surface area contributed by atoms with Crippen molar-refractivity contribution in [3.8, 4) is 5.75 Å². The highest BCUT2D eigenvalue weighted by atomic mass is 19.1. The van der Waals surface area contributed by atoms with E-state index in [1.165, 1.54) is 13.2 Å². The Labute approximate surface area is 121 Å². The van der Waals surface area contributed by atoms with Gasteiger partial charge in [-0.15, -0.1) is 0 Å². The number of benzene rings is 1. The normalized spacial score (nSPS) is 13.3. The smallest absolute Gasteiger partial charge is 0.165 e. The van der Waals surface area contributed by atoms with E-state index in [1.807, 2.05) is 26.8 Å². The maximum Gasteiger partial charge on any atom is 0.165 e. The van der Waals surface area contributed by atoms with E-state index in [1.54, 1.807) is 6.07 Å². The topological polar surface area (TPSA) is 30.5 Å². The van der Waals surface area contributed by atoms with Gasteiger partial charge in [-0.2, -0.15) is 0 Å². The first-order chi connectivity index (χ1) is 9.35. The van der Waals surface area contributed by atoms with E-state index in [0.717, 1.165) is 18.5 Å². The third-order valence-electron chi connectivity index (χ3n) is 2.91. The Kier molecular flexibility index (Phi) is 6.43. The fourth-order valence-electron chi connectivity index (χ4n) is 1.95. The molecule has 0 bridgehead atoms. The monoisotopic (exact) mass is 283 g/mol. The molecule has 0 spiro atoms. The molecule has 1 aromatic carbocycles. The van der Waals surface area contributed by atoms with Crippen LogP contribution in [0.15, 0.2) is 18.2 Å². The van der Waals surface area contributed by atoms with Gasteiger partial charge < -0.3 is 14.8 Å².